The van der Waals surface area contributed by atoms with Crippen molar-refractivity contribution in [3.05, 3.63) is 23.8 Å². The summed E-state index contributed by atoms with van der Waals surface area (Å²) in [6.07, 6.45) is 5.51. The van der Waals surface area contributed by atoms with Crippen molar-refractivity contribution in [2.24, 2.45) is 40.4 Å². The van der Waals surface area contributed by atoms with E-state index in [0.717, 1.165) is 0 Å². The number of fused-ring (bicyclic) bond motifs is 5. The van der Waals surface area contributed by atoms with E-state index in [1.165, 1.54) is 12.2 Å². The summed E-state index contributed by atoms with van der Waals surface area (Å²) in [5.41, 5.74) is -5.61. The van der Waals surface area contributed by atoms with E-state index in [1.54, 1.807) is 26.8 Å². The number of alkyl halides is 1. The molecule has 3 N–H and O–H groups in total. The van der Waals surface area contributed by atoms with Gasteiger partial charge in [-0.1, -0.05) is 25.5 Å². The minimum atomic E-state index is -2.06. The molecule has 214 valence electrons. The van der Waals surface area contributed by atoms with Crippen molar-refractivity contribution in [3.8, 4) is 0 Å². The predicted molar refractivity (Wildman–Crippen MR) is 137 cm³/mol. The number of aliphatic carboxylic acids is 1. The average Bonchev–Trinajstić information content (AvgIpc) is 3.09. The highest BCUT2D eigenvalue weighted by molar-refractivity contribution is 6.01. The molecule has 0 aliphatic heterocycles. The maximum absolute atomic E-state index is 17.3. The Morgan fingerprint density at radius 1 is 1.08 bits per heavy atom. The number of ether oxygens (including phenoxy) is 1. The van der Waals surface area contributed by atoms with Gasteiger partial charge in [0.25, 0.3) is 0 Å². The number of aliphatic hydroxyl groups excluding tert-OH is 1. The van der Waals surface area contributed by atoms with Crippen LogP contribution in [0.1, 0.15) is 72.1 Å². The minimum Gasteiger partial charge on any atom is -0.481 e. The Hall–Kier alpha value is -2.39. The van der Waals surface area contributed by atoms with E-state index >= 15 is 4.39 Å². The van der Waals surface area contributed by atoms with Gasteiger partial charge in [0.2, 0.25) is 5.78 Å². The van der Waals surface area contributed by atoms with Gasteiger partial charge < -0.3 is 20.1 Å². The highest BCUT2D eigenvalue weighted by Crippen LogP contribution is 2.70. The summed E-state index contributed by atoms with van der Waals surface area (Å²) in [6, 6.07) is 0. The molecule has 0 bridgehead atoms. The van der Waals surface area contributed by atoms with E-state index in [-0.39, 0.29) is 12.2 Å². The molecule has 5 aliphatic rings. The van der Waals surface area contributed by atoms with Crippen molar-refractivity contribution in [1.29, 1.82) is 0 Å². The van der Waals surface area contributed by atoms with E-state index in [2.05, 4.69) is 0 Å². The zero-order valence-electron chi connectivity index (χ0n) is 22.8. The molecular formula is C30H39FO8. The standard InChI is InChI=1S/C30H39FO8/c1-16-12-22-21-9-8-19-13-20(32)10-11-27(19,2)29(21,31)23(33)14-28(22,3)30(16,38)24(34)15-39-26(37)18-6-4-17(5-7-18)25(35)36/h10-11,13,16-18,21-23,33,38H,4-9,12,14-15H2,1-3H3,(H,35,36)/t16-,17?,18?,21+,22+,23+,27+,28+,29+,30+/m1/s1. The van der Waals surface area contributed by atoms with Crippen molar-refractivity contribution < 1.29 is 43.6 Å². The molecule has 5 rings (SSSR count). The first-order chi connectivity index (χ1) is 18.2. The maximum atomic E-state index is 17.3. The van der Waals surface area contributed by atoms with Crippen LogP contribution in [0.25, 0.3) is 0 Å². The van der Waals surface area contributed by atoms with Gasteiger partial charge in [0.15, 0.2) is 18.1 Å². The summed E-state index contributed by atoms with van der Waals surface area (Å²) >= 11 is 0. The number of carbonyl (C=O) groups is 4. The van der Waals surface area contributed by atoms with Gasteiger partial charge in [-0.15, -0.1) is 0 Å². The van der Waals surface area contributed by atoms with Crippen LogP contribution in [-0.2, 0) is 23.9 Å². The van der Waals surface area contributed by atoms with Gasteiger partial charge in [-0.25, -0.2) is 4.39 Å². The fourth-order valence-electron chi connectivity index (χ4n) is 9.08. The third-order valence-corrected chi connectivity index (χ3v) is 11.4. The Morgan fingerprint density at radius 2 is 1.72 bits per heavy atom. The topological polar surface area (TPSA) is 138 Å². The van der Waals surface area contributed by atoms with Crippen LogP contribution in [0.4, 0.5) is 4.39 Å². The van der Waals surface area contributed by atoms with Crippen LogP contribution < -0.4 is 0 Å². The van der Waals surface area contributed by atoms with Crippen molar-refractivity contribution in [2.45, 2.75) is 89.5 Å². The summed E-state index contributed by atoms with van der Waals surface area (Å²) in [6.45, 7) is 4.58. The highest BCUT2D eigenvalue weighted by atomic mass is 19.1. The molecule has 8 nitrogen and oxygen atoms in total. The van der Waals surface area contributed by atoms with Crippen molar-refractivity contribution >= 4 is 23.5 Å². The number of rotatable bonds is 5. The summed E-state index contributed by atoms with van der Waals surface area (Å²) < 4.78 is 22.6. The molecule has 39 heavy (non-hydrogen) atoms. The first-order valence-corrected chi connectivity index (χ1v) is 14.2. The molecule has 0 heterocycles. The van der Waals surface area contributed by atoms with Crippen LogP contribution in [0.2, 0.25) is 0 Å². The zero-order chi connectivity index (χ0) is 28.5. The smallest absolute Gasteiger partial charge is 0.309 e. The number of allylic oxidation sites excluding steroid dienone is 4. The monoisotopic (exact) mass is 546 g/mol. The molecule has 4 fully saturated rings. The second kappa shape index (κ2) is 9.33. The Bertz CT molecular complexity index is 1150. The number of hydrogen-bond donors (Lipinski definition) is 3. The van der Waals surface area contributed by atoms with E-state index < -0.39 is 82.1 Å². The second-order valence-electron chi connectivity index (χ2n) is 13.1. The normalized spacial score (nSPS) is 46.9. The lowest BCUT2D eigenvalue weighted by atomic mass is 9.44. The predicted octanol–water partition coefficient (Wildman–Crippen LogP) is 3.34. The molecule has 9 heteroatoms. The fourth-order valence-corrected chi connectivity index (χ4v) is 9.08. The summed E-state index contributed by atoms with van der Waals surface area (Å²) in [7, 11) is 0. The number of carbonyl (C=O) groups excluding carboxylic acids is 3. The summed E-state index contributed by atoms with van der Waals surface area (Å²) in [5, 5.41) is 32.6. The Kier molecular flexibility index (Phi) is 6.74. The van der Waals surface area contributed by atoms with Gasteiger partial charge in [0.1, 0.15) is 5.60 Å². The lowest BCUT2D eigenvalue weighted by Crippen LogP contribution is -2.69. The molecule has 8 atom stereocenters. The van der Waals surface area contributed by atoms with E-state index in [1.807, 2.05) is 0 Å². The van der Waals surface area contributed by atoms with E-state index in [9.17, 15) is 34.5 Å². The zero-order valence-corrected chi connectivity index (χ0v) is 22.8. The maximum Gasteiger partial charge on any atom is 0.309 e. The average molecular weight is 547 g/mol. The minimum absolute atomic E-state index is 0.144. The van der Waals surface area contributed by atoms with Gasteiger partial charge in [-0.2, -0.15) is 0 Å². The molecule has 0 unspecified atom stereocenters. The van der Waals surface area contributed by atoms with Crippen molar-refractivity contribution in [2.75, 3.05) is 6.61 Å². The number of Topliss-reactive ketones (excluding diaryl/α,β-unsaturated/α-hetero) is 1. The lowest BCUT2D eigenvalue weighted by molar-refractivity contribution is -0.220. The Labute approximate surface area is 227 Å². The van der Waals surface area contributed by atoms with E-state index in [4.69, 9.17) is 4.74 Å². The SMILES string of the molecule is C[C@@H]1C[C@H]2[C@@H]3CCC4=CC(=O)C=C[C@]4(C)[C@@]3(F)[C@@H](O)C[C@]2(C)[C@@]1(O)C(=O)COC(=O)C1CCC(C(=O)O)CC1. The van der Waals surface area contributed by atoms with Gasteiger partial charge in [0, 0.05) is 16.7 Å². The fraction of sp³-hybridized carbons (Fsp3) is 0.733. The molecule has 0 saturated heterocycles. The largest absolute Gasteiger partial charge is 0.481 e. The van der Waals surface area contributed by atoms with Crippen LogP contribution in [0.3, 0.4) is 0 Å². The number of aliphatic hydroxyl groups is 2. The molecule has 0 aromatic carbocycles. The molecule has 0 aromatic heterocycles. The van der Waals surface area contributed by atoms with Crippen LogP contribution >= 0.6 is 0 Å². The van der Waals surface area contributed by atoms with E-state index in [0.29, 0.717) is 50.5 Å². The number of carboxylic acid groups (broad SMARTS) is 1. The van der Waals surface area contributed by atoms with Crippen LogP contribution in [0.5, 0.6) is 0 Å². The van der Waals surface area contributed by atoms with Crippen molar-refractivity contribution in [3.63, 3.8) is 0 Å². The van der Waals surface area contributed by atoms with Crippen LogP contribution in [0, 0.1) is 40.4 Å². The second-order valence-corrected chi connectivity index (χ2v) is 13.1. The van der Waals surface area contributed by atoms with Crippen LogP contribution in [-0.4, -0.2) is 62.8 Å². The molecule has 4 saturated carbocycles. The molecule has 5 aliphatic carbocycles. The summed E-state index contributed by atoms with van der Waals surface area (Å²) in [4.78, 5) is 49.5. The number of carboxylic acids is 1. The number of halogens is 1. The Morgan fingerprint density at radius 3 is 2.36 bits per heavy atom. The molecular weight excluding hydrogens is 507 g/mol. The number of hydrogen-bond acceptors (Lipinski definition) is 7. The molecule has 0 spiro atoms. The molecule has 0 radical (unpaired) electrons. The molecule has 0 amide bonds. The van der Waals surface area contributed by atoms with Crippen molar-refractivity contribution in [1.82, 2.24) is 0 Å². The number of ketones is 2. The third kappa shape index (κ3) is 3.82. The van der Waals surface area contributed by atoms with Gasteiger partial charge in [-0.3, -0.25) is 19.2 Å². The first-order valence-electron chi connectivity index (χ1n) is 14.2. The first kappa shape index (κ1) is 28.1. The quantitative estimate of drug-likeness (QED) is 0.447. The van der Waals surface area contributed by atoms with Crippen LogP contribution in [0.15, 0.2) is 23.8 Å². The van der Waals surface area contributed by atoms with Gasteiger partial charge >= 0.3 is 11.9 Å². The molecule has 0 aromatic rings. The third-order valence-electron chi connectivity index (χ3n) is 11.4. The highest BCUT2D eigenvalue weighted by Gasteiger charge is 2.75. The van der Waals surface area contributed by atoms with Gasteiger partial charge in [0.05, 0.1) is 17.9 Å². The lowest BCUT2D eigenvalue weighted by Gasteiger charge is -2.62. The number of esters is 1. The summed E-state index contributed by atoms with van der Waals surface area (Å²) in [5.74, 6) is -4.86. The Balaban J connectivity index is 1.35. The van der Waals surface area contributed by atoms with Gasteiger partial charge in [-0.05, 0) is 82.3 Å².